The second-order valence-corrected chi connectivity index (χ2v) is 5.63. The molecule has 26 heavy (non-hydrogen) atoms. The summed E-state index contributed by atoms with van der Waals surface area (Å²) in [6.07, 6.45) is 1.76. The number of para-hydroxylation sites is 2. The van der Waals surface area contributed by atoms with Gasteiger partial charge in [-0.15, -0.1) is 0 Å². The fraction of sp³-hybridized carbons (Fsp3) is 0.100. The Morgan fingerprint density at radius 3 is 2.69 bits per heavy atom. The second-order valence-electron chi connectivity index (χ2n) is 5.63. The van der Waals surface area contributed by atoms with Gasteiger partial charge in [-0.05, 0) is 29.8 Å². The highest BCUT2D eigenvalue weighted by Gasteiger charge is 2.05. The number of pyridine rings is 1. The Kier molecular flexibility index (Phi) is 4.38. The van der Waals surface area contributed by atoms with Crippen LogP contribution in [0, 0.1) is 0 Å². The predicted octanol–water partition coefficient (Wildman–Crippen LogP) is 4.64. The molecule has 1 N–H and O–H groups in total. The summed E-state index contributed by atoms with van der Waals surface area (Å²) in [4.78, 5) is 8.71. The Labute approximate surface area is 150 Å². The van der Waals surface area contributed by atoms with Crippen LogP contribution in [-0.2, 0) is 6.54 Å². The van der Waals surface area contributed by atoms with Crippen LogP contribution < -0.4 is 14.8 Å². The molecule has 0 radical (unpaired) electrons. The van der Waals surface area contributed by atoms with E-state index in [9.17, 15) is 0 Å². The quantitative estimate of drug-likeness (QED) is 0.548. The molecule has 130 valence electrons. The SMILES string of the molecule is COc1cccc(Oc2ccc(CNc3nc4ccccc4o3)cn2)c1. The van der Waals surface area contributed by atoms with Gasteiger partial charge < -0.3 is 19.2 Å². The summed E-state index contributed by atoms with van der Waals surface area (Å²) in [6.45, 7) is 0.555. The van der Waals surface area contributed by atoms with Gasteiger partial charge in [0.25, 0.3) is 6.01 Å². The Balaban J connectivity index is 1.39. The van der Waals surface area contributed by atoms with Crippen LogP contribution in [-0.4, -0.2) is 17.1 Å². The number of aromatic nitrogens is 2. The van der Waals surface area contributed by atoms with E-state index in [2.05, 4.69) is 15.3 Å². The van der Waals surface area contributed by atoms with Gasteiger partial charge in [-0.25, -0.2) is 4.98 Å². The highest BCUT2D eigenvalue weighted by atomic mass is 16.5. The van der Waals surface area contributed by atoms with Crippen molar-refractivity contribution in [2.24, 2.45) is 0 Å². The molecule has 0 amide bonds. The zero-order chi connectivity index (χ0) is 17.8. The number of hydrogen-bond donors (Lipinski definition) is 1. The third-order valence-corrected chi connectivity index (χ3v) is 3.80. The van der Waals surface area contributed by atoms with Gasteiger partial charge in [-0.3, -0.25) is 0 Å². The molecule has 0 aliphatic heterocycles. The van der Waals surface area contributed by atoms with Crippen molar-refractivity contribution >= 4 is 17.1 Å². The maximum absolute atomic E-state index is 5.74. The molecule has 0 fully saturated rings. The van der Waals surface area contributed by atoms with Crippen LogP contribution in [0.4, 0.5) is 6.01 Å². The molecule has 4 aromatic rings. The summed E-state index contributed by atoms with van der Waals surface area (Å²) >= 11 is 0. The van der Waals surface area contributed by atoms with E-state index in [-0.39, 0.29) is 0 Å². The van der Waals surface area contributed by atoms with Crippen molar-refractivity contribution in [2.45, 2.75) is 6.54 Å². The number of methoxy groups -OCH3 is 1. The van der Waals surface area contributed by atoms with Crippen LogP contribution in [0.3, 0.4) is 0 Å². The minimum Gasteiger partial charge on any atom is -0.497 e. The first-order valence-corrected chi connectivity index (χ1v) is 8.16. The van der Waals surface area contributed by atoms with E-state index in [1.54, 1.807) is 13.3 Å². The summed E-state index contributed by atoms with van der Waals surface area (Å²) in [5, 5.41) is 3.16. The number of benzene rings is 2. The molecule has 0 saturated carbocycles. The summed E-state index contributed by atoms with van der Waals surface area (Å²) in [5.74, 6) is 1.93. The topological polar surface area (TPSA) is 69.4 Å². The largest absolute Gasteiger partial charge is 0.497 e. The maximum Gasteiger partial charge on any atom is 0.295 e. The van der Waals surface area contributed by atoms with E-state index in [0.29, 0.717) is 24.2 Å². The molecular weight excluding hydrogens is 330 g/mol. The number of nitrogens with one attached hydrogen (secondary N) is 1. The molecule has 0 spiro atoms. The van der Waals surface area contributed by atoms with Crippen molar-refractivity contribution in [3.63, 3.8) is 0 Å². The average molecular weight is 347 g/mol. The molecular formula is C20H17N3O3. The number of rotatable bonds is 6. The molecule has 0 aliphatic rings. The van der Waals surface area contributed by atoms with Crippen molar-refractivity contribution < 1.29 is 13.9 Å². The molecule has 2 aromatic carbocycles. The zero-order valence-electron chi connectivity index (χ0n) is 14.2. The lowest BCUT2D eigenvalue weighted by Gasteiger charge is -2.07. The first kappa shape index (κ1) is 16.0. The van der Waals surface area contributed by atoms with E-state index in [0.717, 1.165) is 22.4 Å². The molecule has 0 atom stereocenters. The Hall–Kier alpha value is -3.54. The molecule has 4 rings (SSSR count). The standard InChI is InChI=1S/C20H17N3O3/c1-24-15-5-4-6-16(11-15)25-19-10-9-14(12-21-19)13-22-20-23-17-7-2-3-8-18(17)26-20/h2-12H,13H2,1H3,(H,22,23). The van der Waals surface area contributed by atoms with Gasteiger partial charge in [0.2, 0.25) is 5.88 Å². The van der Waals surface area contributed by atoms with E-state index in [1.165, 1.54) is 0 Å². The highest BCUT2D eigenvalue weighted by molar-refractivity contribution is 5.74. The van der Waals surface area contributed by atoms with Gasteiger partial charge in [0, 0.05) is 24.9 Å². The maximum atomic E-state index is 5.74. The fourth-order valence-electron chi connectivity index (χ4n) is 2.49. The molecule has 0 aliphatic carbocycles. The second kappa shape index (κ2) is 7.14. The predicted molar refractivity (Wildman–Crippen MR) is 98.6 cm³/mol. The first-order chi connectivity index (χ1) is 12.8. The summed E-state index contributed by atoms with van der Waals surface area (Å²) < 4.78 is 16.6. The zero-order valence-corrected chi connectivity index (χ0v) is 14.2. The lowest BCUT2D eigenvalue weighted by atomic mass is 10.3. The summed E-state index contributed by atoms with van der Waals surface area (Å²) in [5.41, 5.74) is 2.58. The highest BCUT2D eigenvalue weighted by Crippen LogP contribution is 2.24. The number of hydrogen-bond acceptors (Lipinski definition) is 6. The molecule has 2 heterocycles. The van der Waals surface area contributed by atoms with Gasteiger partial charge in [-0.1, -0.05) is 24.3 Å². The van der Waals surface area contributed by atoms with Crippen molar-refractivity contribution in [1.82, 2.24) is 9.97 Å². The number of oxazole rings is 1. The van der Waals surface area contributed by atoms with Gasteiger partial charge in [0.1, 0.15) is 17.0 Å². The molecule has 0 unspecified atom stereocenters. The van der Waals surface area contributed by atoms with E-state index < -0.39 is 0 Å². The van der Waals surface area contributed by atoms with Gasteiger partial charge in [0.05, 0.1) is 7.11 Å². The number of fused-ring (bicyclic) bond motifs is 1. The minimum atomic E-state index is 0.489. The molecule has 0 saturated heterocycles. The third kappa shape index (κ3) is 3.59. The van der Waals surface area contributed by atoms with Crippen LogP contribution in [0.1, 0.15) is 5.56 Å². The van der Waals surface area contributed by atoms with Crippen LogP contribution in [0.25, 0.3) is 11.1 Å². The molecule has 2 aromatic heterocycles. The Morgan fingerprint density at radius 2 is 1.88 bits per heavy atom. The Morgan fingerprint density at radius 1 is 1.00 bits per heavy atom. The molecule has 6 nitrogen and oxygen atoms in total. The van der Waals surface area contributed by atoms with Gasteiger partial charge in [0.15, 0.2) is 5.58 Å². The molecule has 6 heteroatoms. The van der Waals surface area contributed by atoms with E-state index in [4.69, 9.17) is 13.9 Å². The summed E-state index contributed by atoms with van der Waals surface area (Å²) in [7, 11) is 1.62. The smallest absolute Gasteiger partial charge is 0.295 e. The van der Waals surface area contributed by atoms with Gasteiger partial charge in [-0.2, -0.15) is 4.98 Å². The van der Waals surface area contributed by atoms with Crippen molar-refractivity contribution in [2.75, 3.05) is 12.4 Å². The molecule has 0 bridgehead atoms. The monoisotopic (exact) mass is 347 g/mol. The Bertz CT molecular complexity index is 979. The third-order valence-electron chi connectivity index (χ3n) is 3.80. The van der Waals surface area contributed by atoms with E-state index in [1.807, 2.05) is 60.7 Å². The normalized spacial score (nSPS) is 10.7. The lowest BCUT2D eigenvalue weighted by molar-refractivity contribution is 0.407. The van der Waals surface area contributed by atoms with E-state index >= 15 is 0 Å². The van der Waals surface area contributed by atoms with Crippen LogP contribution >= 0.6 is 0 Å². The number of ether oxygens (including phenoxy) is 2. The fourth-order valence-corrected chi connectivity index (χ4v) is 2.49. The number of nitrogens with zero attached hydrogens (tertiary/aromatic N) is 2. The van der Waals surface area contributed by atoms with Crippen LogP contribution in [0.15, 0.2) is 71.3 Å². The van der Waals surface area contributed by atoms with Gasteiger partial charge >= 0.3 is 0 Å². The number of anilines is 1. The average Bonchev–Trinajstić information content (AvgIpc) is 3.11. The van der Waals surface area contributed by atoms with Crippen molar-refractivity contribution in [1.29, 1.82) is 0 Å². The van der Waals surface area contributed by atoms with Crippen LogP contribution in [0.5, 0.6) is 17.4 Å². The summed E-state index contributed by atoms with van der Waals surface area (Å²) in [6, 6.07) is 19.3. The van der Waals surface area contributed by atoms with Crippen LogP contribution in [0.2, 0.25) is 0 Å². The lowest BCUT2D eigenvalue weighted by Crippen LogP contribution is -2.00. The van der Waals surface area contributed by atoms with Crippen molar-refractivity contribution in [3.8, 4) is 17.4 Å². The minimum absolute atomic E-state index is 0.489. The first-order valence-electron chi connectivity index (χ1n) is 8.16. The van der Waals surface area contributed by atoms with Crippen molar-refractivity contribution in [3.05, 3.63) is 72.4 Å².